The van der Waals surface area contributed by atoms with Crippen LogP contribution < -0.4 is 5.32 Å². The van der Waals surface area contributed by atoms with Gasteiger partial charge in [0.05, 0.1) is 6.04 Å². The standard InChI is InChI=1S/C19H23NO/c1-14-10-8-9-13-16(14)18(21)20-17(19(2,3)4)15-11-6-5-7-12-15/h5-13,17H,1-4H3,(H,20,21). The topological polar surface area (TPSA) is 29.1 Å². The molecule has 0 radical (unpaired) electrons. The molecule has 110 valence electrons. The minimum absolute atomic E-state index is 0.0168. The second-order valence-corrected chi connectivity index (χ2v) is 6.50. The van der Waals surface area contributed by atoms with E-state index >= 15 is 0 Å². The van der Waals surface area contributed by atoms with Gasteiger partial charge in [0, 0.05) is 5.56 Å². The second kappa shape index (κ2) is 6.13. The second-order valence-electron chi connectivity index (χ2n) is 6.50. The molecule has 1 atom stereocenters. The Balaban J connectivity index is 2.29. The normalized spacial score (nSPS) is 12.8. The molecule has 1 unspecified atom stereocenters. The molecule has 0 saturated heterocycles. The first-order chi connectivity index (χ1) is 9.89. The summed E-state index contributed by atoms with van der Waals surface area (Å²) in [5.41, 5.74) is 2.81. The molecule has 0 aliphatic rings. The van der Waals surface area contributed by atoms with Gasteiger partial charge in [-0.2, -0.15) is 0 Å². The third-order valence-corrected chi connectivity index (χ3v) is 3.66. The summed E-state index contributed by atoms with van der Waals surface area (Å²) in [5, 5.41) is 3.19. The van der Waals surface area contributed by atoms with Crippen LogP contribution in [0.2, 0.25) is 0 Å². The molecule has 21 heavy (non-hydrogen) atoms. The molecule has 2 nitrogen and oxygen atoms in total. The quantitative estimate of drug-likeness (QED) is 0.881. The Morgan fingerprint density at radius 1 is 0.952 bits per heavy atom. The van der Waals surface area contributed by atoms with E-state index in [-0.39, 0.29) is 17.4 Å². The van der Waals surface area contributed by atoms with Gasteiger partial charge in [0.2, 0.25) is 0 Å². The summed E-state index contributed by atoms with van der Waals surface area (Å²) in [6, 6.07) is 17.8. The Morgan fingerprint density at radius 2 is 1.52 bits per heavy atom. The van der Waals surface area contributed by atoms with Crippen LogP contribution in [0, 0.1) is 12.3 Å². The lowest BCUT2D eigenvalue weighted by atomic mass is 9.82. The van der Waals surface area contributed by atoms with E-state index in [1.54, 1.807) is 0 Å². The predicted octanol–water partition coefficient (Wildman–Crippen LogP) is 4.51. The number of aryl methyl sites for hydroxylation is 1. The van der Waals surface area contributed by atoms with Crippen molar-refractivity contribution >= 4 is 5.91 Å². The van der Waals surface area contributed by atoms with Crippen molar-refractivity contribution in [2.24, 2.45) is 5.41 Å². The molecule has 1 N–H and O–H groups in total. The van der Waals surface area contributed by atoms with Crippen LogP contribution in [-0.4, -0.2) is 5.91 Å². The van der Waals surface area contributed by atoms with Gasteiger partial charge in [-0.1, -0.05) is 69.3 Å². The molecular weight excluding hydrogens is 258 g/mol. The highest BCUT2D eigenvalue weighted by Gasteiger charge is 2.28. The van der Waals surface area contributed by atoms with Crippen LogP contribution in [0.5, 0.6) is 0 Å². The maximum Gasteiger partial charge on any atom is 0.252 e. The number of hydrogen-bond donors (Lipinski definition) is 1. The maximum atomic E-state index is 12.6. The summed E-state index contributed by atoms with van der Waals surface area (Å²) in [6.07, 6.45) is 0. The fourth-order valence-corrected chi connectivity index (χ4v) is 2.48. The van der Waals surface area contributed by atoms with E-state index < -0.39 is 0 Å². The molecule has 0 aliphatic carbocycles. The summed E-state index contributed by atoms with van der Waals surface area (Å²) in [5.74, 6) is -0.0168. The molecule has 0 heterocycles. The first-order valence-corrected chi connectivity index (χ1v) is 7.31. The molecule has 2 heteroatoms. The monoisotopic (exact) mass is 281 g/mol. The van der Waals surface area contributed by atoms with Crippen LogP contribution in [0.15, 0.2) is 54.6 Å². The highest BCUT2D eigenvalue weighted by molar-refractivity contribution is 5.95. The summed E-state index contributed by atoms with van der Waals surface area (Å²) in [6.45, 7) is 8.39. The lowest BCUT2D eigenvalue weighted by molar-refractivity contribution is 0.0901. The Hall–Kier alpha value is -2.09. The zero-order valence-corrected chi connectivity index (χ0v) is 13.2. The molecule has 0 fully saturated rings. The molecule has 0 spiro atoms. The summed E-state index contributed by atoms with van der Waals surface area (Å²) >= 11 is 0. The summed E-state index contributed by atoms with van der Waals surface area (Å²) in [7, 11) is 0. The zero-order valence-electron chi connectivity index (χ0n) is 13.2. The summed E-state index contributed by atoms with van der Waals surface area (Å²) in [4.78, 5) is 12.6. The van der Waals surface area contributed by atoms with E-state index in [0.717, 1.165) is 16.7 Å². The smallest absolute Gasteiger partial charge is 0.252 e. The molecule has 0 aliphatic heterocycles. The maximum absolute atomic E-state index is 12.6. The van der Waals surface area contributed by atoms with Crippen molar-refractivity contribution in [3.8, 4) is 0 Å². The highest BCUT2D eigenvalue weighted by atomic mass is 16.1. The van der Waals surface area contributed by atoms with Gasteiger partial charge in [-0.3, -0.25) is 4.79 Å². The van der Waals surface area contributed by atoms with Crippen molar-refractivity contribution < 1.29 is 4.79 Å². The minimum Gasteiger partial charge on any atom is -0.345 e. The molecule has 2 rings (SSSR count). The van der Waals surface area contributed by atoms with Crippen molar-refractivity contribution in [1.29, 1.82) is 0 Å². The van der Waals surface area contributed by atoms with Gasteiger partial charge in [0.1, 0.15) is 0 Å². The number of nitrogens with one attached hydrogen (secondary N) is 1. The van der Waals surface area contributed by atoms with Gasteiger partial charge in [0.25, 0.3) is 5.91 Å². The third kappa shape index (κ3) is 3.72. The Morgan fingerprint density at radius 3 is 2.10 bits per heavy atom. The molecule has 2 aromatic rings. The van der Waals surface area contributed by atoms with Gasteiger partial charge in [-0.05, 0) is 29.5 Å². The number of benzene rings is 2. The van der Waals surface area contributed by atoms with Crippen LogP contribution in [0.4, 0.5) is 0 Å². The lowest BCUT2D eigenvalue weighted by Crippen LogP contribution is -2.36. The molecule has 0 bridgehead atoms. The predicted molar refractivity (Wildman–Crippen MR) is 87.3 cm³/mol. The minimum atomic E-state index is -0.0559. The first kappa shape index (κ1) is 15.3. The van der Waals surface area contributed by atoms with Gasteiger partial charge in [-0.25, -0.2) is 0 Å². The van der Waals surface area contributed by atoms with Crippen LogP contribution >= 0.6 is 0 Å². The molecular formula is C19H23NO. The van der Waals surface area contributed by atoms with E-state index in [2.05, 4.69) is 38.2 Å². The molecule has 2 aromatic carbocycles. The fourth-order valence-electron chi connectivity index (χ4n) is 2.48. The third-order valence-electron chi connectivity index (χ3n) is 3.66. The molecule has 1 amide bonds. The highest BCUT2D eigenvalue weighted by Crippen LogP contribution is 2.32. The number of carbonyl (C=O) groups is 1. The Kier molecular flexibility index (Phi) is 4.46. The number of hydrogen-bond acceptors (Lipinski definition) is 1. The average Bonchev–Trinajstić information content (AvgIpc) is 2.44. The zero-order chi connectivity index (χ0) is 15.5. The van der Waals surface area contributed by atoms with Crippen LogP contribution in [-0.2, 0) is 0 Å². The number of carbonyl (C=O) groups excluding carboxylic acids is 1. The Bertz CT molecular complexity index is 611. The van der Waals surface area contributed by atoms with Gasteiger partial charge < -0.3 is 5.32 Å². The van der Waals surface area contributed by atoms with Gasteiger partial charge >= 0.3 is 0 Å². The fraction of sp³-hybridized carbons (Fsp3) is 0.316. The van der Waals surface area contributed by atoms with Crippen LogP contribution in [0.1, 0.15) is 48.3 Å². The van der Waals surface area contributed by atoms with E-state index in [1.807, 2.05) is 49.4 Å². The van der Waals surface area contributed by atoms with Crippen LogP contribution in [0.25, 0.3) is 0 Å². The van der Waals surface area contributed by atoms with E-state index in [1.165, 1.54) is 0 Å². The van der Waals surface area contributed by atoms with Gasteiger partial charge in [-0.15, -0.1) is 0 Å². The first-order valence-electron chi connectivity index (χ1n) is 7.31. The molecule has 0 saturated carbocycles. The lowest BCUT2D eigenvalue weighted by Gasteiger charge is -2.32. The van der Waals surface area contributed by atoms with E-state index in [4.69, 9.17) is 0 Å². The van der Waals surface area contributed by atoms with E-state index in [0.29, 0.717) is 0 Å². The van der Waals surface area contributed by atoms with Crippen molar-refractivity contribution in [1.82, 2.24) is 5.32 Å². The SMILES string of the molecule is Cc1ccccc1C(=O)NC(c1ccccc1)C(C)(C)C. The summed E-state index contributed by atoms with van der Waals surface area (Å²) < 4.78 is 0. The van der Waals surface area contributed by atoms with E-state index in [9.17, 15) is 4.79 Å². The number of amides is 1. The van der Waals surface area contributed by atoms with Crippen molar-refractivity contribution in [2.45, 2.75) is 33.7 Å². The van der Waals surface area contributed by atoms with Crippen LogP contribution in [0.3, 0.4) is 0 Å². The van der Waals surface area contributed by atoms with Crippen molar-refractivity contribution in [2.75, 3.05) is 0 Å². The van der Waals surface area contributed by atoms with Crippen molar-refractivity contribution in [3.05, 3.63) is 71.3 Å². The van der Waals surface area contributed by atoms with Crippen molar-refractivity contribution in [3.63, 3.8) is 0 Å². The number of rotatable bonds is 3. The molecule has 0 aromatic heterocycles. The Labute approximate surface area is 127 Å². The largest absolute Gasteiger partial charge is 0.345 e. The van der Waals surface area contributed by atoms with Gasteiger partial charge in [0.15, 0.2) is 0 Å². The average molecular weight is 281 g/mol.